The van der Waals surface area contributed by atoms with Crippen molar-refractivity contribution in [2.75, 3.05) is 0 Å². The normalized spacial score (nSPS) is 14.2. The van der Waals surface area contributed by atoms with E-state index < -0.39 is 0 Å². The van der Waals surface area contributed by atoms with Crippen molar-refractivity contribution in [2.45, 2.75) is 80.1 Å². The van der Waals surface area contributed by atoms with E-state index in [1.54, 1.807) is 0 Å². The number of pyridine rings is 2. The van der Waals surface area contributed by atoms with Crippen LogP contribution in [0.3, 0.4) is 0 Å². The van der Waals surface area contributed by atoms with Crippen molar-refractivity contribution in [2.24, 2.45) is 5.41 Å². The molecule has 3 heteroatoms. The fraction of sp³-hybridized carbons (Fsp3) is 0.317. The molecule has 6 rings (SSSR count). The molecule has 1 aliphatic rings. The van der Waals surface area contributed by atoms with Gasteiger partial charge in [0.1, 0.15) is 0 Å². The van der Waals surface area contributed by atoms with E-state index in [0.29, 0.717) is 11.3 Å². The van der Waals surface area contributed by atoms with E-state index in [0.717, 1.165) is 22.5 Å². The molecule has 5 aromatic rings. The number of benzene rings is 3. The van der Waals surface area contributed by atoms with E-state index in [9.17, 15) is 0 Å². The average molecular weight is 760 g/mol. The molecule has 2 aromatic heterocycles. The van der Waals surface area contributed by atoms with E-state index in [4.69, 9.17) is 0 Å². The summed E-state index contributed by atoms with van der Waals surface area (Å²) in [6.07, 6.45) is 9.17. The fourth-order valence-electron chi connectivity index (χ4n) is 6.02. The Kier molecular flexibility index (Phi) is 11.1. The van der Waals surface area contributed by atoms with Gasteiger partial charge in [0.05, 0.1) is 0 Å². The van der Waals surface area contributed by atoms with Crippen LogP contribution in [0.4, 0.5) is 0 Å². The van der Waals surface area contributed by atoms with E-state index in [1.807, 2.05) is 36.7 Å². The first kappa shape index (κ1) is 33.5. The van der Waals surface area contributed by atoms with Crippen molar-refractivity contribution < 1.29 is 21.1 Å². The summed E-state index contributed by atoms with van der Waals surface area (Å²) in [6, 6.07) is 32.1. The topological polar surface area (TPSA) is 25.8 Å². The van der Waals surface area contributed by atoms with Crippen LogP contribution in [-0.4, -0.2) is 9.97 Å². The van der Waals surface area contributed by atoms with Crippen LogP contribution in [0.15, 0.2) is 85.2 Å². The largest absolute Gasteiger partial charge is 2.00 e. The molecule has 3 aromatic carbocycles. The van der Waals surface area contributed by atoms with Gasteiger partial charge in [-0.15, -0.1) is 71.3 Å². The van der Waals surface area contributed by atoms with Gasteiger partial charge in [0.15, 0.2) is 0 Å². The van der Waals surface area contributed by atoms with Crippen LogP contribution in [0.5, 0.6) is 0 Å². The summed E-state index contributed by atoms with van der Waals surface area (Å²) in [5, 5.41) is 0. The molecule has 1 aliphatic carbocycles. The second-order valence-electron chi connectivity index (χ2n) is 13.1. The molecule has 0 N–H and O–H groups in total. The van der Waals surface area contributed by atoms with Gasteiger partial charge in [0.25, 0.3) is 0 Å². The molecule has 0 unspecified atom stereocenters. The van der Waals surface area contributed by atoms with Gasteiger partial charge in [0.2, 0.25) is 0 Å². The molecular formula is C41H44N2Pt. The molecule has 0 bridgehead atoms. The first-order chi connectivity index (χ1) is 20.6. The summed E-state index contributed by atoms with van der Waals surface area (Å²) in [4.78, 5) is 9.14. The van der Waals surface area contributed by atoms with Crippen LogP contribution >= 0.6 is 0 Å². The zero-order valence-corrected chi connectivity index (χ0v) is 29.5. The van der Waals surface area contributed by atoms with Gasteiger partial charge in [-0.2, -0.15) is 0 Å². The van der Waals surface area contributed by atoms with Gasteiger partial charge in [0, 0.05) is 12.4 Å². The Morgan fingerprint density at radius 2 is 1.32 bits per heavy atom. The third kappa shape index (κ3) is 8.22. The number of aromatic nitrogens is 2. The van der Waals surface area contributed by atoms with Crippen molar-refractivity contribution in [3.63, 3.8) is 0 Å². The smallest absolute Gasteiger partial charge is 0.304 e. The minimum absolute atomic E-state index is 0. The zero-order valence-electron chi connectivity index (χ0n) is 27.2. The maximum atomic E-state index is 4.59. The third-order valence-electron chi connectivity index (χ3n) is 9.04. The van der Waals surface area contributed by atoms with E-state index >= 15 is 0 Å². The van der Waals surface area contributed by atoms with Gasteiger partial charge in [-0.25, -0.2) is 0 Å². The maximum Gasteiger partial charge on any atom is 2.00 e. The van der Waals surface area contributed by atoms with Crippen LogP contribution < -0.4 is 0 Å². The first-order valence-corrected chi connectivity index (χ1v) is 15.6. The summed E-state index contributed by atoms with van der Waals surface area (Å²) < 4.78 is 0. The molecule has 228 valence electrons. The van der Waals surface area contributed by atoms with Crippen molar-refractivity contribution in [1.82, 2.24) is 9.97 Å². The van der Waals surface area contributed by atoms with Crippen molar-refractivity contribution >= 4 is 0 Å². The van der Waals surface area contributed by atoms with Crippen LogP contribution in [-0.2, 0) is 21.1 Å². The van der Waals surface area contributed by atoms with Gasteiger partial charge in [-0.3, -0.25) is 0 Å². The number of hydrogen-bond donors (Lipinski definition) is 0. The predicted octanol–water partition coefficient (Wildman–Crippen LogP) is 11.0. The van der Waals surface area contributed by atoms with Gasteiger partial charge < -0.3 is 9.97 Å². The SMILES string of the molecule is Cc1ccc(-c2cc(-c3[c-]cccc3)ncc2C)c(C)c1.Cc1cnc(-c2[c-]ccc(C3CCC(C)(C)CC3)c2)cc1C.[Pt+2]. The molecule has 0 radical (unpaired) electrons. The molecule has 0 amide bonds. The third-order valence-corrected chi connectivity index (χ3v) is 9.04. The molecule has 2 heterocycles. The van der Waals surface area contributed by atoms with Crippen molar-refractivity contribution in [3.8, 4) is 33.6 Å². The first-order valence-electron chi connectivity index (χ1n) is 15.6. The minimum Gasteiger partial charge on any atom is -0.304 e. The summed E-state index contributed by atoms with van der Waals surface area (Å²) in [5.74, 6) is 0.702. The monoisotopic (exact) mass is 759 g/mol. The summed E-state index contributed by atoms with van der Waals surface area (Å²) in [6.45, 7) is 15.4. The molecule has 44 heavy (non-hydrogen) atoms. The molecule has 1 saturated carbocycles. The Morgan fingerprint density at radius 1 is 0.636 bits per heavy atom. The van der Waals surface area contributed by atoms with E-state index in [-0.39, 0.29) is 21.1 Å². The number of rotatable bonds is 4. The average Bonchev–Trinajstić information content (AvgIpc) is 3.00. The predicted molar refractivity (Wildman–Crippen MR) is 181 cm³/mol. The Bertz CT molecular complexity index is 1690. The van der Waals surface area contributed by atoms with Crippen LogP contribution in [0.2, 0.25) is 0 Å². The summed E-state index contributed by atoms with van der Waals surface area (Å²) >= 11 is 0. The molecule has 0 aliphatic heterocycles. The standard InChI is InChI=1S/C21H26N.C20H18N.Pt/c1-15-12-20(22-14-16(15)2)19-7-5-6-18(13-19)17-8-10-21(3,4)11-9-17;1-14-9-10-18(15(2)11-14)19-12-20(21-13-16(19)3)17-7-5-4-6-8-17;/h5-6,12-14,17H,8-11H2,1-4H3;4-7,9-13H,1-3H3;/q2*-1;+2. The number of hydrogen-bond acceptors (Lipinski definition) is 2. The van der Waals surface area contributed by atoms with E-state index in [1.165, 1.54) is 70.2 Å². The second-order valence-corrected chi connectivity index (χ2v) is 13.1. The van der Waals surface area contributed by atoms with Gasteiger partial charge in [-0.1, -0.05) is 55.3 Å². The van der Waals surface area contributed by atoms with Gasteiger partial charge >= 0.3 is 21.1 Å². The Hall–Kier alpha value is -3.35. The Balaban J connectivity index is 0.000000197. The van der Waals surface area contributed by atoms with Crippen LogP contribution in [0.1, 0.15) is 78.8 Å². The molecule has 0 atom stereocenters. The number of aryl methyl sites for hydroxylation is 5. The van der Waals surface area contributed by atoms with E-state index in [2.05, 4.69) is 119 Å². The minimum atomic E-state index is 0. The second kappa shape index (κ2) is 14.6. The Labute approximate surface area is 279 Å². The van der Waals surface area contributed by atoms with Crippen molar-refractivity contribution in [3.05, 3.63) is 131 Å². The molecule has 0 saturated heterocycles. The van der Waals surface area contributed by atoms with Crippen LogP contribution in [0.25, 0.3) is 33.6 Å². The van der Waals surface area contributed by atoms with Crippen molar-refractivity contribution in [1.29, 1.82) is 0 Å². The number of nitrogens with zero attached hydrogens (tertiary/aromatic N) is 2. The molecular weight excluding hydrogens is 716 g/mol. The Morgan fingerprint density at radius 3 is 1.98 bits per heavy atom. The molecule has 2 nitrogen and oxygen atoms in total. The fourth-order valence-corrected chi connectivity index (χ4v) is 6.02. The molecule has 1 fully saturated rings. The summed E-state index contributed by atoms with van der Waals surface area (Å²) in [7, 11) is 0. The molecule has 0 spiro atoms. The zero-order chi connectivity index (χ0) is 30.6. The quantitative estimate of drug-likeness (QED) is 0.171. The summed E-state index contributed by atoms with van der Waals surface area (Å²) in [5.41, 5.74) is 15.0. The van der Waals surface area contributed by atoms with Gasteiger partial charge in [-0.05, 0) is 111 Å². The van der Waals surface area contributed by atoms with Crippen LogP contribution in [0, 0.1) is 52.2 Å². The maximum absolute atomic E-state index is 4.59.